The van der Waals surface area contributed by atoms with E-state index in [1.54, 1.807) is 11.0 Å². The largest absolute Gasteiger partial charge is 0.324 e. The van der Waals surface area contributed by atoms with Gasteiger partial charge in [0, 0.05) is 12.5 Å². The lowest BCUT2D eigenvalue weighted by Gasteiger charge is -2.27. The molecule has 2 N–H and O–H groups in total. The number of carbonyl (C=O) groups excluding carboxylic acids is 1. The highest BCUT2D eigenvalue weighted by Crippen LogP contribution is 2.30. The molecule has 24 heavy (non-hydrogen) atoms. The zero-order chi connectivity index (χ0) is 16.4. The van der Waals surface area contributed by atoms with Crippen molar-refractivity contribution in [3.05, 3.63) is 30.6 Å². The number of carbonyl (C=O) groups is 1. The molecule has 8 nitrogen and oxygen atoms in total. The van der Waals surface area contributed by atoms with E-state index in [1.165, 1.54) is 0 Å². The van der Waals surface area contributed by atoms with Crippen molar-refractivity contribution < 1.29 is 4.79 Å². The molecule has 0 unspecified atom stereocenters. The van der Waals surface area contributed by atoms with Gasteiger partial charge in [0.2, 0.25) is 11.9 Å². The summed E-state index contributed by atoms with van der Waals surface area (Å²) < 4.78 is 1.76. The molecule has 124 valence electrons. The molecule has 2 heterocycles. The summed E-state index contributed by atoms with van der Waals surface area (Å²) in [4.78, 5) is 20.0. The van der Waals surface area contributed by atoms with Crippen LogP contribution in [0.2, 0.25) is 0 Å². The third-order valence-electron chi connectivity index (χ3n) is 4.69. The number of nitrogens with zero attached hydrogens (tertiary/aromatic N) is 5. The molecule has 0 bridgehead atoms. The molecule has 0 radical (unpaired) electrons. The van der Waals surface area contributed by atoms with Crippen molar-refractivity contribution in [1.29, 1.82) is 0 Å². The highest BCUT2D eigenvalue weighted by Gasteiger charge is 2.27. The molecular formula is C16H19N7O. The Hall–Kier alpha value is -2.77. The molecule has 1 aromatic carbocycles. The first-order chi connectivity index (χ1) is 11.8. The summed E-state index contributed by atoms with van der Waals surface area (Å²) in [6.07, 6.45) is 5.44. The highest BCUT2D eigenvalue weighted by atomic mass is 16.2. The second-order valence-electron chi connectivity index (χ2n) is 6.34. The van der Waals surface area contributed by atoms with Crippen LogP contribution >= 0.6 is 0 Å². The predicted molar refractivity (Wildman–Crippen MR) is 88.0 cm³/mol. The summed E-state index contributed by atoms with van der Waals surface area (Å²) in [5, 5.41) is 14.1. The van der Waals surface area contributed by atoms with E-state index >= 15 is 0 Å². The standard InChI is InChI=1S/C16H19N7O/c24-15(20-16-18-13-3-1-2-4-14(13)19-16)12-7-5-11(6-8-12)9-23-10-17-21-22-23/h1-4,10-12H,5-9H2,(H2,18,19,20,24). The Morgan fingerprint density at radius 3 is 2.83 bits per heavy atom. The fourth-order valence-electron chi connectivity index (χ4n) is 3.37. The van der Waals surface area contributed by atoms with Crippen LogP contribution in [0, 0.1) is 11.8 Å². The van der Waals surface area contributed by atoms with E-state index in [2.05, 4.69) is 30.8 Å². The van der Waals surface area contributed by atoms with Gasteiger partial charge >= 0.3 is 0 Å². The summed E-state index contributed by atoms with van der Waals surface area (Å²) >= 11 is 0. The molecular weight excluding hydrogens is 306 g/mol. The minimum absolute atomic E-state index is 0.0448. The van der Waals surface area contributed by atoms with Crippen molar-refractivity contribution in [2.45, 2.75) is 32.2 Å². The van der Waals surface area contributed by atoms with Gasteiger partial charge in [-0.05, 0) is 54.2 Å². The molecule has 0 atom stereocenters. The molecule has 1 amide bonds. The molecule has 0 spiro atoms. The number of anilines is 1. The van der Waals surface area contributed by atoms with Gasteiger partial charge in [-0.3, -0.25) is 10.1 Å². The van der Waals surface area contributed by atoms with Gasteiger partial charge in [0.05, 0.1) is 11.0 Å². The number of amides is 1. The summed E-state index contributed by atoms with van der Waals surface area (Å²) in [5.41, 5.74) is 1.79. The number of para-hydroxylation sites is 2. The number of aromatic nitrogens is 6. The summed E-state index contributed by atoms with van der Waals surface area (Å²) in [6, 6.07) is 7.74. The zero-order valence-corrected chi connectivity index (χ0v) is 13.2. The third-order valence-corrected chi connectivity index (χ3v) is 4.69. The van der Waals surface area contributed by atoms with Crippen LogP contribution in [0.5, 0.6) is 0 Å². The van der Waals surface area contributed by atoms with Crippen molar-refractivity contribution in [1.82, 2.24) is 30.2 Å². The molecule has 3 aromatic rings. The number of hydrogen-bond donors (Lipinski definition) is 2. The van der Waals surface area contributed by atoms with Crippen molar-refractivity contribution in [3.8, 4) is 0 Å². The molecule has 1 fully saturated rings. The average Bonchev–Trinajstić information content (AvgIpc) is 3.24. The van der Waals surface area contributed by atoms with Gasteiger partial charge in [-0.1, -0.05) is 12.1 Å². The van der Waals surface area contributed by atoms with Crippen LogP contribution in [0.25, 0.3) is 11.0 Å². The Bertz CT molecular complexity index is 785. The summed E-state index contributed by atoms with van der Waals surface area (Å²) in [7, 11) is 0. The molecule has 1 saturated carbocycles. The molecule has 4 rings (SSSR count). The maximum atomic E-state index is 12.5. The first-order valence-electron chi connectivity index (χ1n) is 8.24. The van der Waals surface area contributed by atoms with Gasteiger partial charge in [0.1, 0.15) is 6.33 Å². The number of rotatable bonds is 4. The van der Waals surface area contributed by atoms with Gasteiger partial charge in [-0.25, -0.2) is 9.67 Å². The lowest BCUT2D eigenvalue weighted by molar-refractivity contribution is -0.121. The van der Waals surface area contributed by atoms with Crippen LogP contribution in [0.3, 0.4) is 0 Å². The maximum Gasteiger partial charge on any atom is 0.229 e. The molecule has 1 aliphatic rings. The second kappa shape index (κ2) is 6.38. The number of fused-ring (bicyclic) bond motifs is 1. The normalized spacial score (nSPS) is 21.0. The number of tetrazole rings is 1. The van der Waals surface area contributed by atoms with Gasteiger partial charge in [-0.15, -0.1) is 5.10 Å². The van der Waals surface area contributed by atoms with Crippen molar-refractivity contribution in [2.24, 2.45) is 11.8 Å². The smallest absolute Gasteiger partial charge is 0.229 e. The van der Waals surface area contributed by atoms with Crippen LogP contribution in [-0.2, 0) is 11.3 Å². The SMILES string of the molecule is O=C(Nc1nc2ccccc2[nH]1)C1CCC(Cn2cnnn2)CC1. The fourth-order valence-corrected chi connectivity index (χ4v) is 3.37. The Morgan fingerprint density at radius 2 is 2.08 bits per heavy atom. The first kappa shape index (κ1) is 14.8. The number of hydrogen-bond acceptors (Lipinski definition) is 5. The number of nitrogens with one attached hydrogen (secondary N) is 2. The Balaban J connectivity index is 1.32. The van der Waals surface area contributed by atoms with E-state index in [1.807, 2.05) is 24.3 Å². The fraction of sp³-hybridized carbons (Fsp3) is 0.438. The minimum Gasteiger partial charge on any atom is -0.324 e. The van der Waals surface area contributed by atoms with E-state index in [9.17, 15) is 4.79 Å². The number of benzene rings is 1. The van der Waals surface area contributed by atoms with Crippen molar-refractivity contribution in [3.63, 3.8) is 0 Å². The van der Waals surface area contributed by atoms with Gasteiger partial charge < -0.3 is 4.98 Å². The van der Waals surface area contributed by atoms with Gasteiger partial charge in [0.15, 0.2) is 0 Å². The zero-order valence-electron chi connectivity index (χ0n) is 13.2. The number of imidazole rings is 1. The van der Waals surface area contributed by atoms with Crippen LogP contribution in [0.4, 0.5) is 5.95 Å². The first-order valence-corrected chi connectivity index (χ1v) is 8.24. The van der Waals surface area contributed by atoms with E-state index in [0.717, 1.165) is 43.3 Å². The maximum absolute atomic E-state index is 12.5. The predicted octanol–water partition coefficient (Wildman–Crippen LogP) is 1.99. The van der Waals surface area contributed by atoms with Crippen LogP contribution < -0.4 is 5.32 Å². The Kier molecular flexibility index (Phi) is 3.94. The van der Waals surface area contributed by atoms with Gasteiger partial charge in [0.25, 0.3) is 0 Å². The van der Waals surface area contributed by atoms with Crippen molar-refractivity contribution >= 4 is 22.9 Å². The third kappa shape index (κ3) is 3.12. The Morgan fingerprint density at radius 1 is 1.25 bits per heavy atom. The van der Waals surface area contributed by atoms with E-state index in [0.29, 0.717) is 11.9 Å². The van der Waals surface area contributed by atoms with E-state index < -0.39 is 0 Å². The number of aromatic amines is 1. The quantitative estimate of drug-likeness (QED) is 0.764. The van der Waals surface area contributed by atoms with E-state index in [4.69, 9.17) is 0 Å². The average molecular weight is 325 g/mol. The summed E-state index contributed by atoms with van der Waals surface area (Å²) in [5.74, 6) is 1.15. The molecule has 0 aliphatic heterocycles. The molecule has 8 heteroatoms. The van der Waals surface area contributed by atoms with Crippen molar-refractivity contribution in [2.75, 3.05) is 5.32 Å². The van der Waals surface area contributed by atoms with E-state index in [-0.39, 0.29) is 11.8 Å². The van der Waals surface area contributed by atoms with Gasteiger partial charge in [-0.2, -0.15) is 0 Å². The molecule has 1 aliphatic carbocycles. The minimum atomic E-state index is 0.0448. The monoisotopic (exact) mass is 325 g/mol. The number of H-pyrrole nitrogens is 1. The lowest BCUT2D eigenvalue weighted by Crippen LogP contribution is -2.28. The van der Waals surface area contributed by atoms with Crippen LogP contribution in [0.1, 0.15) is 25.7 Å². The molecule has 0 saturated heterocycles. The van der Waals surface area contributed by atoms with Crippen LogP contribution in [0.15, 0.2) is 30.6 Å². The Labute approximate surface area is 138 Å². The second-order valence-corrected chi connectivity index (χ2v) is 6.34. The lowest BCUT2D eigenvalue weighted by atomic mass is 9.81. The van der Waals surface area contributed by atoms with Crippen LogP contribution in [-0.4, -0.2) is 36.1 Å². The highest BCUT2D eigenvalue weighted by molar-refractivity contribution is 5.92. The topological polar surface area (TPSA) is 101 Å². The summed E-state index contributed by atoms with van der Waals surface area (Å²) in [6.45, 7) is 0.824. The molecule has 2 aromatic heterocycles.